The summed E-state index contributed by atoms with van der Waals surface area (Å²) in [5.41, 5.74) is 0. The van der Waals surface area contributed by atoms with Crippen LogP contribution >= 0.6 is 39.7 Å². The summed E-state index contributed by atoms with van der Waals surface area (Å²) in [6.45, 7) is 4.78. The Bertz CT molecular complexity index is 461. The van der Waals surface area contributed by atoms with Crippen molar-refractivity contribution in [3.8, 4) is 5.75 Å². The average molecular weight is 384 g/mol. The first-order valence-corrected chi connectivity index (χ1v) is 8.06. The summed E-state index contributed by atoms with van der Waals surface area (Å²) < 4.78 is 6.18. The van der Waals surface area contributed by atoms with E-state index in [2.05, 4.69) is 26.6 Å². The van der Waals surface area contributed by atoms with E-state index in [0.717, 1.165) is 29.0 Å². The number of amides is 1. The van der Waals surface area contributed by atoms with Crippen molar-refractivity contribution in [2.24, 2.45) is 5.92 Å². The van der Waals surface area contributed by atoms with Gasteiger partial charge < -0.3 is 15.4 Å². The van der Waals surface area contributed by atoms with Crippen LogP contribution in [-0.4, -0.2) is 32.7 Å². The third-order valence-corrected chi connectivity index (χ3v) is 5.63. The number of hydrogen-bond donors (Lipinski definition) is 2. The molecule has 7 heteroatoms. The number of hydrogen-bond acceptors (Lipinski definition) is 4. The maximum atomic E-state index is 12.2. The number of carbonyl (C=O) groups is 1. The lowest BCUT2D eigenvalue weighted by Crippen LogP contribution is -2.38. The number of piperidine rings is 1. The SMILES string of the molecule is COc1c(C(=O)NCC2CCCNC2)sc(C)c1Br.Cl. The summed E-state index contributed by atoms with van der Waals surface area (Å²) in [5, 5.41) is 6.37. The lowest BCUT2D eigenvalue weighted by molar-refractivity contribution is 0.0946. The van der Waals surface area contributed by atoms with Crippen LogP contribution in [0.2, 0.25) is 0 Å². The van der Waals surface area contributed by atoms with Crippen LogP contribution in [0.5, 0.6) is 5.75 Å². The quantitative estimate of drug-likeness (QED) is 0.840. The molecule has 0 bridgehead atoms. The second-order valence-corrected chi connectivity index (χ2v) is 6.77. The van der Waals surface area contributed by atoms with Gasteiger partial charge in [-0.3, -0.25) is 4.79 Å². The number of halogens is 2. The summed E-state index contributed by atoms with van der Waals surface area (Å²) in [7, 11) is 1.59. The number of nitrogens with one attached hydrogen (secondary N) is 2. The molecule has 1 aromatic heterocycles. The van der Waals surface area contributed by atoms with E-state index in [1.165, 1.54) is 24.2 Å². The van der Waals surface area contributed by atoms with E-state index < -0.39 is 0 Å². The van der Waals surface area contributed by atoms with Crippen LogP contribution in [0.4, 0.5) is 0 Å². The highest BCUT2D eigenvalue weighted by molar-refractivity contribution is 9.10. The molecule has 1 amide bonds. The largest absolute Gasteiger partial charge is 0.494 e. The summed E-state index contributed by atoms with van der Waals surface area (Å²) in [6, 6.07) is 0. The summed E-state index contributed by atoms with van der Waals surface area (Å²) in [4.78, 5) is 13.9. The molecule has 2 rings (SSSR count). The standard InChI is InChI=1S/C13H19BrN2O2S.ClH/c1-8-10(14)11(18-2)12(19-8)13(17)16-7-9-4-3-5-15-6-9;/h9,15H,3-7H2,1-2H3,(H,16,17);1H. The van der Waals surface area contributed by atoms with Crippen LogP contribution in [0.1, 0.15) is 27.4 Å². The summed E-state index contributed by atoms with van der Waals surface area (Å²) in [6.07, 6.45) is 2.37. The van der Waals surface area contributed by atoms with E-state index in [-0.39, 0.29) is 18.3 Å². The van der Waals surface area contributed by atoms with E-state index in [1.54, 1.807) is 7.11 Å². The predicted molar refractivity (Wildman–Crippen MR) is 88.5 cm³/mol. The highest BCUT2D eigenvalue weighted by Crippen LogP contribution is 2.38. The zero-order chi connectivity index (χ0) is 13.8. The molecule has 0 aliphatic carbocycles. The number of carbonyl (C=O) groups excluding carboxylic acids is 1. The lowest BCUT2D eigenvalue weighted by atomic mass is 10.00. The second-order valence-electron chi connectivity index (χ2n) is 4.76. The monoisotopic (exact) mass is 382 g/mol. The minimum Gasteiger partial charge on any atom is -0.494 e. The van der Waals surface area contributed by atoms with Crippen molar-refractivity contribution in [2.75, 3.05) is 26.7 Å². The summed E-state index contributed by atoms with van der Waals surface area (Å²) in [5.74, 6) is 1.14. The molecule has 2 heterocycles. The van der Waals surface area contributed by atoms with Crippen LogP contribution < -0.4 is 15.4 Å². The van der Waals surface area contributed by atoms with Crippen LogP contribution in [0.3, 0.4) is 0 Å². The van der Waals surface area contributed by atoms with Crippen molar-refractivity contribution in [3.05, 3.63) is 14.2 Å². The fourth-order valence-corrected chi connectivity index (χ4v) is 3.92. The third-order valence-electron chi connectivity index (χ3n) is 3.33. The van der Waals surface area contributed by atoms with Crippen LogP contribution in [0, 0.1) is 12.8 Å². The maximum Gasteiger partial charge on any atom is 0.265 e. The van der Waals surface area contributed by atoms with Gasteiger partial charge in [-0.25, -0.2) is 0 Å². The van der Waals surface area contributed by atoms with Crippen molar-refractivity contribution >= 4 is 45.6 Å². The molecular weight excluding hydrogens is 364 g/mol. The molecule has 1 unspecified atom stereocenters. The van der Waals surface area contributed by atoms with E-state index in [0.29, 0.717) is 16.5 Å². The second kappa shape index (κ2) is 8.22. The van der Waals surface area contributed by atoms with Gasteiger partial charge in [0.1, 0.15) is 4.88 Å². The molecule has 0 spiro atoms. The molecule has 1 atom stereocenters. The highest BCUT2D eigenvalue weighted by Gasteiger charge is 2.21. The van der Waals surface area contributed by atoms with Crippen LogP contribution in [0.15, 0.2) is 4.47 Å². The fourth-order valence-electron chi connectivity index (χ4n) is 2.25. The van der Waals surface area contributed by atoms with Crippen LogP contribution in [-0.2, 0) is 0 Å². The molecule has 114 valence electrons. The molecule has 1 aromatic rings. The highest BCUT2D eigenvalue weighted by atomic mass is 79.9. The Labute approximate surface area is 138 Å². The van der Waals surface area contributed by atoms with E-state index in [4.69, 9.17) is 4.74 Å². The van der Waals surface area contributed by atoms with Crippen molar-refractivity contribution in [1.82, 2.24) is 10.6 Å². The zero-order valence-electron chi connectivity index (χ0n) is 11.6. The van der Waals surface area contributed by atoms with Gasteiger partial charge in [-0.1, -0.05) is 0 Å². The fraction of sp³-hybridized carbons (Fsp3) is 0.615. The van der Waals surface area contributed by atoms with Crippen molar-refractivity contribution in [3.63, 3.8) is 0 Å². The van der Waals surface area contributed by atoms with E-state index in [9.17, 15) is 4.79 Å². The Morgan fingerprint density at radius 2 is 2.35 bits per heavy atom. The molecule has 2 N–H and O–H groups in total. The first-order chi connectivity index (χ1) is 9.13. The number of aryl methyl sites for hydroxylation is 1. The zero-order valence-corrected chi connectivity index (χ0v) is 14.8. The number of ether oxygens (including phenoxy) is 1. The topological polar surface area (TPSA) is 50.4 Å². The molecule has 0 aromatic carbocycles. The number of thiophene rings is 1. The molecule has 0 radical (unpaired) electrons. The maximum absolute atomic E-state index is 12.2. The number of methoxy groups -OCH3 is 1. The Morgan fingerprint density at radius 1 is 1.60 bits per heavy atom. The van der Waals surface area contributed by atoms with Gasteiger partial charge >= 0.3 is 0 Å². The molecule has 20 heavy (non-hydrogen) atoms. The molecule has 1 aliphatic heterocycles. The Balaban J connectivity index is 0.00000200. The van der Waals surface area contributed by atoms with Gasteiger partial charge in [0.05, 0.1) is 11.6 Å². The van der Waals surface area contributed by atoms with Crippen LogP contribution in [0.25, 0.3) is 0 Å². The van der Waals surface area contributed by atoms with E-state index >= 15 is 0 Å². The molecule has 1 saturated heterocycles. The molecular formula is C13H20BrClN2O2S. The van der Waals surface area contributed by atoms with Gasteiger partial charge in [0.25, 0.3) is 5.91 Å². The minimum absolute atomic E-state index is 0. The van der Waals surface area contributed by atoms with Crippen molar-refractivity contribution in [2.45, 2.75) is 19.8 Å². The molecule has 1 fully saturated rings. The first-order valence-electron chi connectivity index (χ1n) is 6.45. The smallest absolute Gasteiger partial charge is 0.265 e. The van der Waals surface area contributed by atoms with Gasteiger partial charge in [-0.2, -0.15) is 0 Å². The van der Waals surface area contributed by atoms with E-state index in [1.807, 2.05) is 6.92 Å². The lowest BCUT2D eigenvalue weighted by Gasteiger charge is -2.22. The molecule has 4 nitrogen and oxygen atoms in total. The predicted octanol–water partition coefficient (Wildman–Crippen LogP) is 2.98. The normalized spacial score (nSPS) is 18.2. The Kier molecular flexibility index (Phi) is 7.29. The van der Waals surface area contributed by atoms with Gasteiger partial charge in [0, 0.05) is 11.4 Å². The van der Waals surface area contributed by atoms with Gasteiger partial charge in [-0.05, 0) is 54.7 Å². The third kappa shape index (κ3) is 4.10. The Morgan fingerprint density at radius 3 is 2.95 bits per heavy atom. The first kappa shape index (κ1) is 17.8. The number of rotatable bonds is 4. The molecule has 0 saturated carbocycles. The van der Waals surface area contributed by atoms with Gasteiger partial charge in [0.15, 0.2) is 5.75 Å². The molecule has 1 aliphatic rings. The van der Waals surface area contributed by atoms with Crippen molar-refractivity contribution < 1.29 is 9.53 Å². The minimum atomic E-state index is -0.0405. The van der Waals surface area contributed by atoms with Gasteiger partial charge in [0.2, 0.25) is 0 Å². The van der Waals surface area contributed by atoms with Gasteiger partial charge in [-0.15, -0.1) is 23.7 Å². The average Bonchev–Trinajstić information content (AvgIpc) is 2.73. The summed E-state index contributed by atoms with van der Waals surface area (Å²) >= 11 is 4.91. The Hall–Kier alpha value is -0.300. The van der Waals surface area contributed by atoms with Crippen molar-refractivity contribution in [1.29, 1.82) is 0 Å².